The molecule has 5 nitrogen and oxygen atoms in total. The van der Waals surface area contributed by atoms with Crippen LogP contribution in [0.5, 0.6) is 0 Å². The molecule has 0 aliphatic carbocycles. The Morgan fingerprint density at radius 3 is 2.91 bits per heavy atom. The molecule has 114 valence electrons. The van der Waals surface area contributed by atoms with Crippen molar-refractivity contribution in [3.8, 4) is 10.6 Å². The lowest BCUT2D eigenvalue weighted by Gasteiger charge is -2.21. The van der Waals surface area contributed by atoms with Crippen LogP contribution in [0.1, 0.15) is 28.9 Å². The van der Waals surface area contributed by atoms with Crippen LogP contribution >= 0.6 is 11.3 Å². The molecule has 1 N–H and O–H groups in total. The molecule has 0 saturated carbocycles. The van der Waals surface area contributed by atoms with Crippen molar-refractivity contribution in [3.63, 3.8) is 0 Å². The Kier molecular flexibility index (Phi) is 3.94. The van der Waals surface area contributed by atoms with Crippen molar-refractivity contribution >= 4 is 23.2 Å². The predicted octanol–water partition coefficient (Wildman–Crippen LogP) is 2.81. The lowest BCUT2D eigenvalue weighted by atomic mass is 10.1. The van der Waals surface area contributed by atoms with Gasteiger partial charge in [-0.25, -0.2) is 9.78 Å². The van der Waals surface area contributed by atoms with Gasteiger partial charge in [0.1, 0.15) is 11.0 Å². The standard InChI is InChI=1S/C16H16N2O3S/c1-10-9-22-14(17-10)11-4-2-5-12(8-11)15(19)18-7-3-6-13(18)16(20)21/h2,4-5,8-9,13H,3,6-7H2,1H3,(H,20,21)/t13-/m1/s1. The molecule has 1 aliphatic heterocycles. The molecule has 3 rings (SSSR count). The molecule has 1 saturated heterocycles. The van der Waals surface area contributed by atoms with Crippen LogP contribution < -0.4 is 0 Å². The van der Waals surface area contributed by atoms with Gasteiger partial charge in [0.05, 0.1) is 0 Å². The van der Waals surface area contributed by atoms with E-state index in [-0.39, 0.29) is 5.91 Å². The van der Waals surface area contributed by atoms with E-state index >= 15 is 0 Å². The van der Waals surface area contributed by atoms with Crippen LogP contribution in [0.3, 0.4) is 0 Å². The number of carboxylic acid groups (broad SMARTS) is 1. The van der Waals surface area contributed by atoms with E-state index in [9.17, 15) is 14.7 Å². The summed E-state index contributed by atoms with van der Waals surface area (Å²) in [6, 6.07) is 6.53. The third-order valence-corrected chi connectivity index (χ3v) is 4.78. The molecule has 0 radical (unpaired) electrons. The van der Waals surface area contributed by atoms with E-state index < -0.39 is 12.0 Å². The highest BCUT2D eigenvalue weighted by atomic mass is 32.1. The Bertz CT molecular complexity index is 726. The number of benzene rings is 1. The van der Waals surface area contributed by atoms with Crippen molar-refractivity contribution < 1.29 is 14.7 Å². The number of hydrogen-bond donors (Lipinski definition) is 1. The third kappa shape index (κ3) is 2.74. The Labute approximate surface area is 132 Å². The van der Waals surface area contributed by atoms with Gasteiger partial charge in [0, 0.05) is 28.7 Å². The van der Waals surface area contributed by atoms with Crippen molar-refractivity contribution in [2.24, 2.45) is 0 Å². The van der Waals surface area contributed by atoms with E-state index in [0.29, 0.717) is 18.5 Å². The summed E-state index contributed by atoms with van der Waals surface area (Å²) in [6.45, 7) is 2.42. The first-order valence-electron chi connectivity index (χ1n) is 7.12. The van der Waals surface area contributed by atoms with Gasteiger partial charge in [0.25, 0.3) is 5.91 Å². The van der Waals surface area contributed by atoms with Crippen LogP contribution in [-0.2, 0) is 4.79 Å². The van der Waals surface area contributed by atoms with Gasteiger partial charge in [-0.1, -0.05) is 12.1 Å². The van der Waals surface area contributed by atoms with Crippen LogP contribution in [0.25, 0.3) is 10.6 Å². The molecule has 1 aromatic carbocycles. The molecule has 0 unspecified atom stereocenters. The van der Waals surface area contributed by atoms with E-state index in [1.165, 1.54) is 16.2 Å². The van der Waals surface area contributed by atoms with Gasteiger partial charge in [-0.05, 0) is 31.9 Å². The second kappa shape index (κ2) is 5.88. The first-order chi connectivity index (χ1) is 10.6. The highest BCUT2D eigenvalue weighted by molar-refractivity contribution is 7.13. The minimum atomic E-state index is -0.933. The monoisotopic (exact) mass is 316 g/mol. The number of carbonyl (C=O) groups excluding carboxylic acids is 1. The summed E-state index contributed by atoms with van der Waals surface area (Å²) in [4.78, 5) is 29.7. The first kappa shape index (κ1) is 14.7. The number of thiazole rings is 1. The van der Waals surface area contributed by atoms with E-state index in [0.717, 1.165) is 22.7 Å². The van der Waals surface area contributed by atoms with Crippen molar-refractivity contribution in [1.29, 1.82) is 0 Å². The Morgan fingerprint density at radius 2 is 2.23 bits per heavy atom. The number of aliphatic carboxylic acids is 1. The highest BCUT2D eigenvalue weighted by Crippen LogP contribution is 2.26. The van der Waals surface area contributed by atoms with Crippen molar-refractivity contribution in [3.05, 3.63) is 40.9 Å². The number of nitrogens with zero attached hydrogens (tertiary/aromatic N) is 2. The molecule has 2 aromatic rings. The molecule has 0 bridgehead atoms. The Morgan fingerprint density at radius 1 is 1.41 bits per heavy atom. The molecule has 22 heavy (non-hydrogen) atoms. The normalized spacial score (nSPS) is 17.7. The first-order valence-corrected chi connectivity index (χ1v) is 8.00. The van der Waals surface area contributed by atoms with E-state index in [1.807, 2.05) is 24.4 Å². The molecule has 1 aliphatic rings. The van der Waals surface area contributed by atoms with Crippen LogP contribution in [0, 0.1) is 6.92 Å². The zero-order valence-electron chi connectivity index (χ0n) is 12.2. The molecule has 6 heteroatoms. The summed E-state index contributed by atoms with van der Waals surface area (Å²) >= 11 is 1.53. The largest absolute Gasteiger partial charge is 0.480 e. The van der Waals surface area contributed by atoms with Gasteiger partial charge in [-0.3, -0.25) is 4.79 Å². The number of amides is 1. The molecular weight excluding hydrogens is 300 g/mol. The number of carbonyl (C=O) groups is 2. The van der Waals surface area contributed by atoms with Gasteiger partial charge in [0.2, 0.25) is 0 Å². The van der Waals surface area contributed by atoms with Crippen molar-refractivity contribution in [2.45, 2.75) is 25.8 Å². The van der Waals surface area contributed by atoms with Crippen LogP contribution in [0.15, 0.2) is 29.6 Å². The second-order valence-corrected chi connectivity index (χ2v) is 6.23. The SMILES string of the molecule is Cc1csc(-c2cccc(C(=O)N3CCC[C@@H]3C(=O)O)c2)n1. The summed E-state index contributed by atoms with van der Waals surface area (Å²) in [5.41, 5.74) is 2.34. The number of rotatable bonds is 3. The molecule has 1 aromatic heterocycles. The zero-order valence-corrected chi connectivity index (χ0v) is 13.0. The van der Waals surface area contributed by atoms with Gasteiger partial charge < -0.3 is 10.0 Å². The van der Waals surface area contributed by atoms with Gasteiger partial charge in [0.15, 0.2) is 0 Å². The van der Waals surface area contributed by atoms with Crippen LogP contribution in [0.2, 0.25) is 0 Å². The van der Waals surface area contributed by atoms with Gasteiger partial charge in [-0.15, -0.1) is 11.3 Å². The number of aromatic nitrogens is 1. The van der Waals surface area contributed by atoms with Crippen molar-refractivity contribution in [1.82, 2.24) is 9.88 Å². The summed E-state index contributed by atoms with van der Waals surface area (Å²) < 4.78 is 0. The third-order valence-electron chi connectivity index (χ3n) is 3.77. The summed E-state index contributed by atoms with van der Waals surface area (Å²) in [5.74, 6) is -1.16. The molecule has 0 spiro atoms. The van der Waals surface area contributed by atoms with Crippen LogP contribution in [0.4, 0.5) is 0 Å². The number of carboxylic acids is 1. The van der Waals surface area contributed by atoms with E-state index in [2.05, 4.69) is 4.98 Å². The average molecular weight is 316 g/mol. The fourth-order valence-corrected chi connectivity index (χ4v) is 3.50. The Hall–Kier alpha value is -2.21. The lowest BCUT2D eigenvalue weighted by molar-refractivity contribution is -0.141. The number of hydrogen-bond acceptors (Lipinski definition) is 4. The van der Waals surface area contributed by atoms with Gasteiger partial charge >= 0.3 is 5.97 Å². The topological polar surface area (TPSA) is 70.5 Å². The van der Waals surface area contributed by atoms with Crippen LogP contribution in [-0.4, -0.2) is 39.5 Å². The van der Waals surface area contributed by atoms with E-state index in [1.54, 1.807) is 12.1 Å². The molecular formula is C16H16N2O3S. The summed E-state index contributed by atoms with van der Waals surface area (Å²) in [5, 5.41) is 12.0. The summed E-state index contributed by atoms with van der Waals surface area (Å²) in [6.07, 6.45) is 1.25. The highest BCUT2D eigenvalue weighted by Gasteiger charge is 2.34. The molecule has 1 fully saturated rings. The number of likely N-dealkylation sites (tertiary alicyclic amines) is 1. The van der Waals surface area contributed by atoms with Crippen molar-refractivity contribution in [2.75, 3.05) is 6.54 Å². The average Bonchev–Trinajstić information content (AvgIpc) is 3.15. The van der Waals surface area contributed by atoms with Gasteiger partial charge in [-0.2, -0.15) is 0 Å². The molecule has 2 heterocycles. The molecule has 1 atom stereocenters. The smallest absolute Gasteiger partial charge is 0.326 e. The lowest BCUT2D eigenvalue weighted by Crippen LogP contribution is -2.40. The fourth-order valence-electron chi connectivity index (χ4n) is 2.70. The predicted molar refractivity (Wildman–Crippen MR) is 84.0 cm³/mol. The molecule has 1 amide bonds. The fraction of sp³-hybridized carbons (Fsp3) is 0.312. The summed E-state index contributed by atoms with van der Waals surface area (Å²) in [7, 11) is 0. The quantitative estimate of drug-likeness (QED) is 0.945. The minimum Gasteiger partial charge on any atom is -0.480 e. The Balaban J connectivity index is 1.89. The maximum absolute atomic E-state index is 12.6. The maximum Gasteiger partial charge on any atom is 0.326 e. The zero-order chi connectivity index (χ0) is 15.7. The van der Waals surface area contributed by atoms with E-state index in [4.69, 9.17) is 0 Å². The maximum atomic E-state index is 12.6. The number of aryl methyl sites for hydroxylation is 1. The second-order valence-electron chi connectivity index (χ2n) is 5.37. The minimum absolute atomic E-state index is 0.222.